The average molecular weight is 432 g/mol. The molecule has 2 aromatic rings. The lowest BCUT2D eigenvalue weighted by molar-refractivity contribution is -0.139. The maximum Gasteiger partial charge on any atom is 0.419 e. The number of aryl methyl sites for hydroxylation is 2. The fraction of sp³-hybridized carbons (Fsp3) is 0.278. The van der Waals surface area contributed by atoms with Crippen molar-refractivity contribution in [1.82, 2.24) is 0 Å². The molecule has 0 bridgehead atoms. The Balaban J connectivity index is 2.35. The highest BCUT2D eigenvalue weighted by atomic mass is 79.9. The molecule has 1 amide bonds. The van der Waals surface area contributed by atoms with Gasteiger partial charge in [-0.15, -0.1) is 0 Å². The molecular formula is C18H17BrF3NO3. The van der Waals surface area contributed by atoms with E-state index in [4.69, 9.17) is 4.74 Å². The fourth-order valence-corrected chi connectivity index (χ4v) is 2.74. The van der Waals surface area contributed by atoms with Gasteiger partial charge in [-0.3, -0.25) is 5.32 Å². The summed E-state index contributed by atoms with van der Waals surface area (Å²) in [5, 5.41) is 2.51. The number of alkyl halides is 3. The van der Waals surface area contributed by atoms with Crippen molar-refractivity contribution in [3.8, 4) is 5.75 Å². The summed E-state index contributed by atoms with van der Waals surface area (Å²) in [5.41, 5.74) is 1.25. The van der Waals surface area contributed by atoms with Crippen LogP contribution in [0.15, 0.2) is 34.8 Å². The zero-order chi connectivity index (χ0) is 19.5. The summed E-state index contributed by atoms with van der Waals surface area (Å²) in [6, 6.07) is 7.41. The molecule has 140 valence electrons. The minimum atomic E-state index is -4.53. The van der Waals surface area contributed by atoms with Gasteiger partial charge in [0.15, 0.2) is 0 Å². The van der Waals surface area contributed by atoms with Crippen LogP contribution >= 0.6 is 15.9 Å². The van der Waals surface area contributed by atoms with Crippen molar-refractivity contribution in [1.29, 1.82) is 0 Å². The number of methoxy groups -OCH3 is 1. The van der Waals surface area contributed by atoms with E-state index in [2.05, 4.69) is 26.0 Å². The molecule has 0 aliphatic carbocycles. The van der Waals surface area contributed by atoms with Gasteiger partial charge in [0.05, 0.1) is 18.4 Å². The Bertz CT molecular complexity index is 822. The number of hydrogen-bond donors (Lipinski definition) is 1. The Hall–Kier alpha value is -2.22. The van der Waals surface area contributed by atoms with Gasteiger partial charge in [-0.25, -0.2) is 4.79 Å². The van der Waals surface area contributed by atoms with E-state index in [9.17, 15) is 18.0 Å². The molecule has 0 heterocycles. The summed E-state index contributed by atoms with van der Waals surface area (Å²) in [7, 11) is 1.22. The predicted octanol–water partition coefficient (Wildman–Crippen LogP) is 5.84. The maximum absolute atomic E-state index is 13.3. The molecule has 0 radical (unpaired) electrons. The molecule has 0 aliphatic rings. The maximum atomic E-state index is 13.3. The first-order valence-electron chi connectivity index (χ1n) is 7.57. The van der Waals surface area contributed by atoms with Crippen molar-refractivity contribution in [2.75, 3.05) is 12.4 Å². The van der Waals surface area contributed by atoms with Gasteiger partial charge in [0.1, 0.15) is 12.4 Å². The molecule has 0 unspecified atom stereocenters. The largest absolute Gasteiger partial charge is 0.488 e. The lowest BCUT2D eigenvalue weighted by Crippen LogP contribution is -2.14. The van der Waals surface area contributed by atoms with Gasteiger partial charge >= 0.3 is 12.3 Å². The van der Waals surface area contributed by atoms with Crippen molar-refractivity contribution >= 4 is 27.7 Å². The minimum absolute atomic E-state index is 0.174. The Labute approximate surface area is 157 Å². The molecule has 8 heteroatoms. The normalized spacial score (nSPS) is 11.2. The van der Waals surface area contributed by atoms with Crippen molar-refractivity contribution in [2.45, 2.75) is 26.6 Å². The van der Waals surface area contributed by atoms with E-state index in [1.54, 1.807) is 32.0 Å². The van der Waals surface area contributed by atoms with Gasteiger partial charge < -0.3 is 9.47 Å². The van der Waals surface area contributed by atoms with Gasteiger partial charge in [0.25, 0.3) is 0 Å². The monoisotopic (exact) mass is 431 g/mol. The Kier molecular flexibility index (Phi) is 6.17. The number of carbonyl (C=O) groups is 1. The van der Waals surface area contributed by atoms with E-state index >= 15 is 0 Å². The van der Waals surface area contributed by atoms with Crippen LogP contribution in [0.1, 0.15) is 22.3 Å². The number of halogens is 4. The quantitative estimate of drug-likeness (QED) is 0.660. The Morgan fingerprint density at radius 1 is 1.19 bits per heavy atom. The first kappa shape index (κ1) is 20.1. The number of ether oxygens (including phenoxy) is 2. The van der Waals surface area contributed by atoms with E-state index in [0.29, 0.717) is 26.9 Å². The summed E-state index contributed by atoms with van der Waals surface area (Å²) in [4.78, 5) is 11.4. The van der Waals surface area contributed by atoms with Crippen LogP contribution < -0.4 is 10.1 Å². The van der Waals surface area contributed by atoms with Crippen LogP contribution in [0.2, 0.25) is 0 Å². The lowest BCUT2D eigenvalue weighted by atomic mass is 10.0. The van der Waals surface area contributed by atoms with Crippen molar-refractivity contribution in [3.63, 3.8) is 0 Å². The third-order valence-corrected chi connectivity index (χ3v) is 4.56. The van der Waals surface area contributed by atoms with E-state index in [-0.39, 0.29) is 12.4 Å². The van der Waals surface area contributed by atoms with Crippen LogP contribution in [0, 0.1) is 13.8 Å². The number of amides is 1. The zero-order valence-corrected chi connectivity index (χ0v) is 15.9. The van der Waals surface area contributed by atoms with Crippen molar-refractivity contribution in [2.24, 2.45) is 0 Å². The smallest absolute Gasteiger partial charge is 0.419 e. The first-order chi connectivity index (χ1) is 12.1. The molecular weight excluding hydrogens is 415 g/mol. The second kappa shape index (κ2) is 7.99. The van der Waals surface area contributed by atoms with Gasteiger partial charge in [0, 0.05) is 10.0 Å². The molecule has 0 saturated carbocycles. The highest BCUT2D eigenvalue weighted by Gasteiger charge is 2.35. The van der Waals surface area contributed by atoms with E-state index < -0.39 is 17.8 Å². The standard InChI is InChI=1S/C18H17BrF3NO3/c1-10-7-13(18(20,21)22)16(8-11(10)2)26-9-12-14(19)5-4-6-15(12)23-17(24)25-3/h4-8H,9H2,1-3H3,(H,23,24). The van der Waals surface area contributed by atoms with Crippen molar-refractivity contribution < 1.29 is 27.4 Å². The predicted molar refractivity (Wildman–Crippen MR) is 95.4 cm³/mol. The molecule has 0 atom stereocenters. The van der Waals surface area contributed by atoms with E-state index in [1.807, 2.05) is 0 Å². The van der Waals surface area contributed by atoms with Crippen LogP contribution in [0.3, 0.4) is 0 Å². The molecule has 2 rings (SSSR count). The average Bonchev–Trinajstić information content (AvgIpc) is 2.56. The third kappa shape index (κ3) is 4.69. The summed E-state index contributed by atoms with van der Waals surface area (Å²) >= 11 is 3.32. The molecule has 0 aromatic heterocycles. The van der Waals surface area contributed by atoms with Crippen LogP contribution in [-0.2, 0) is 17.5 Å². The van der Waals surface area contributed by atoms with E-state index in [0.717, 1.165) is 6.07 Å². The number of hydrogen-bond acceptors (Lipinski definition) is 3. The SMILES string of the molecule is COC(=O)Nc1cccc(Br)c1COc1cc(C)c(C)cc1C(F)(F)F. The van der Waals surface area contributed by atoms with Gasteiger partial charge in [-0.2, -0.15) is 13.2 Å². The molecule has 2 aromatic carbocycles. The minimum Gasteiger partial charge on any atom is -0.488 e. The van der Waals surface area contributed by atoms with Crippen LogP contribution in [-0.4, -0.2) is 13.2 Å². The first-order valence-corrected chi connectivity index (χ1v) is 8.36. The van der Waals surface area contributed by atoms with Crippen LogP contribution in [0.25, 0.3) is 0 Å². The summed E-state index contributed by atoms with van der Waals surface area (Å²) in [5.74, 6) is -0.264. The van der Waals surface area contributed by atoms with Gasteiger partial charge in [-0.1, -0.05) is 22.0 Å². The molecule has 1 N–H and O–H groups in total. The van der Waals surface area contributed by atoms with Gasteiger partial charge in [0.2, 0.25) is 0 Å². The highest BCUT2D eigenvalue weighted by Crippen LogP contribution is 2.38. The molecule has 0 fully saturated rings. The van der Waals surface area contributed by atoms with Crippen LogP contribution in [0.4, 0.5) is 23.7 Å². The fourth-order valence-electron chi connectivity index (χ4n) is 2.26. The van der Waals surface area contributed by atoms with Crippen LogP contribution in [0.5, 0.6) is 5.75 Å². The Morgan fingerprint density at radius 2 is 1.85 bits per heavy atom. The number of nitrogens with one attached hydrogen (secondary N) is 1. The summed E-state index contributed by atoms with van der Waals surface area (Å²) in [6.45, 7) is 3.15. The topological polar surface area (TPSA) is 47.6 Å². The second-order valence-corrected chi connectivity index (χ2v) is 6.46. The number of anilines is 1. The third-order valence-electron chi connectivity index (χ3n) is 3.81. The zero-order valence-electron chi connectivity index (χ0n) is 14.3. The molecule has 0 saturated heterocycles. The van der Waals surface area contributed by atoms with E-state index in [1.165, 1.54) is 13.2 Å². The second-order valence-electron chi connectivity index (χ2n) is 5.60. The van der Waals surface area contributed by atoms with Gasteiger partial charge in [-0.05, 0) is 49.2 Å². The number of carbonyl (C=O) groups excluding carboxylic acids is 1. The molecule has 4 nitrogen and oxygen atoms in total. The van der Waals surface area contributed by atoms with Crippen molar-refractivity contribution in [3.05, 3.63) is 57.1 Å². The number of rotatable bonds is 4. The highest BCUT2D eigenvalue weighted by molar-refractivity contribution is 9.10. The lowest BCUT2D eigenvalue weighted by Gasteiger charge is -2.18. The summed E-state index contributed by atoms with van der Waals surface area (Å²) in [6.07, 6.45) is -5.22. The summed E-state index contributed by atoms with van der Waals surface area (Å²) < 4.78 is 50.5. The molecule has 0 spiro atoms. The Morgan fingerprint density at radius 3 is 2.46 bits per heavy atom. The molecule has 26 heavy (non-hydrogen) atoms. The molecule has 0 aliphatic heterocycles. The number of benzene rings is 2.